The minimum absolute atomic E-state index is 0.0300. The predicted octanol–water partition coefficient (Wildman–Crippen LogP) is 6.71. The van der Waals surface area contributed by atoms with Gasteiger partial charge in [-0.05, 0) is 48.4 Å². The summed E-state index contributed by atoms with van der Waals surface area (Å²) in [6, 6.07) is 9.23. The van der Waals surface area contributed by atoms with Crippen LogP contribution >= 0.6 is 58.5 Å². The second-order valence-corrected chi connectivity index (χ2v) is 10.0. The molecule has 2 aromatic carbocycles. The third-order valence-corrected chi connectivity index (χ3v) is 6.56. The summed E-state index contributed by atoms with van der Waals surface area (Å²) in [7, 11) is -5.59. The third-order valence-electron chi connectivity index (χ3n) is 3.44. The fourth-order valence-corrected chi connectivity index (χ4v) is 5.13. The summed E-state index contributed by atoms with van der Waals surface area (Å²) in [5, 5.41) is 1.12. The maximum absolute atomic E-state index is 13.8. The van der Waals surface area contributed by atoms with Crippen molar-refractivity contribution >= 4 is 58.5 Å². The maximum atomic E-state index is 13.8. The van der Waals surface area contributed by atoms with Gasteiger partial charge in [-0.1, -0.05) is 51.3 Å². The van der Waals surface area contributed by atoms with Crippen LogP contribution < -0.4 is 0 Å². The van der Waals surface area contributed by atoms with Gasteiger partial charge in [-0.3, -0.25) is 4.57 Å². The smallest absolute Gasteiger partial charge is 0.320 e. The summed E-state index contributed by atoms with van der Waals surface area (Å²) in [5.74, 6) is 0.773. The molecule has 0 spiro atoms. The van der Waals surface area contributed by atoms with Gasteiger partial charge in [0.05, 0.1) is 0 Å². The molecular weight excluding hydrogens is 492 g/mol. The number of thioether (sulfide) groups is 1. The van der Waals surface area contributed by atoms with E-state index >= 15 is 0 Å². The molecule has 0 aromatic heterocycles. The van der Waals surface area contributed by atoms with Crippen molar-refractivity contribution in [1.29, 1.82) is 0 Å². The summed E-state index contributed by atoms with van der Waals surface area (Å²) in [5.41, 5.74) is -4.17. The lowest BCUT2D eigenvalue weighted by Crippen LogP contribution is -2.14. The zero-order chi connectivity index (χ0) is 19.5. The van der Waals surface area contributed by atoms with Gasteiger partial charge >= 0.3 is 13.3 Å². The highest BCUT2D eigenvalue weighted by Gasteiger charge is 2.51. The first-order valence-electron chi connectivity index (χ1n) is 7.32. The van der Waals surface area contributed by atoms with Gasteiger partial charge in [-0.15, -0.1) is 11.8 Å². The van der Waals surface area contributed by atoms with Gasteiger partial charge < -0.3 is 9.79 Å². The average Bonchev–Trinajstić information content (AvgIpc) is 2.49. The summed E-state index contributed by atoms with van der Waals surface area (Å²) < 4.78 is 38.5. The van der Waals surface area contributed by atoms with Crippen LogP contribution in [0.3, 0.4) is 0 Å². The molecule has 0 bridgehead atoms. The normalized spacial score (nSPS) is 12.4. The summed E-state index contributed by atoms with van der Waals surface area (Å²) >= 11 is 16.4. The molecule has 2 aromatic rings. The van der Waals surface area contributed by atoms with E-state index in [1.165, 1.54) is 12.1 Å². The van der Waals surface area contributed by atoms with Gasteiger partial charge in [0, 0.05) is 25.0 Å². The first-order chi connectivity index (χ1) is 12.0. The van der Waals surface area contributed by atoms with E-state index in [2.05, 4.69) is 15.9 Å². The molecule has 0 aliphatic rings. The maximum Gasteiger partial charge on any atom is 0.399 e. The first kappa shape index (κ1) is 22.2. The molecule has 0 atom stereocenters. The van der Waals surface area contributed by atoms with Gasteiger partial charge in [0.15, 0.2) is 0 Å². The Hall–Kier alpha value is -0.140. The molecule has 2 rings (SSSR count). The van der Waals surface area contributed by atoms with Gasteiger partial charge in [-0.2, -0.15) is 8.78 Å². The van der Waals surface area contributed by atoms with Crippen LogP contribution in [0.25, 0.3) is 0 Å². The van der Waals surface area contributed by atoms with Crippen LogP contribution in [0.1, 0.15) is 17.5 Å². The van der Waals surface area contributed by atoms with Crippen LogP contribution in [0.15, 0.2) is 45.8 Å². The summed E-state index contributed by atoms with van der Waals surface area (Å²) in [6.07, 6.45) is 1.40. The molecule has 3 nitrogen and oxygen atoms in total. The largest absolute Gasteiger partial charge is 0.399 e. The zero-order valence-electron chi connectivity index (χ0n) is 13.1. The van der Waals surface area contributed by atoms with Gasteiger partial charge in [0.25, 0.3) is 0 Å². The van der Waals surface area contributed by atoms with Crippen molar-refractivity contribution in [1.82, 2.24) is 0 Å². The Morgan fingerprint density at radius 3 is 2.27 bits per heavy atom. The van der Waals surface area contributed by atoms with E-state index in [0.717, 1.165) is 28.7 Å². The van der Waals surface area contributed by atoms with Gasteiger partial charge in [0.1, 0.15) is 0 Å². The number of hydrogen-bond donors (Lipinski definition) is 2. The van der Waals surface area contributed by atoms with Crippen LogP contribution in [-0.4, -0.2) is 15.5 Å². The van der Waals surface area contributed by atoms with E-state index < -0.39 is 18.8 Å². The Kier molecular flexibility index (Phi) is 7.59. The minimum Gasteiger partial charge on any atom is -0.320 e. The third kappa shape index (κ3) is 5.68. The standard InChI is InChI=1S/C16H14BrCl2F2O3PS/c17-15-6-10(3-4-14(15)16(20,21)25(22,23)24)2-1-5-26-13-8-11(18)7-12(19)9-13/h3-4,6-9H,1-2,5H2,(H2,22,23,24). The Morgan fingerprint density at radius 1 is 1.12 bits per heavy atom. The second-order valence-electron chi connectivity index (χ2n) is 5.46. The van der Waals surface area contributed by atoms with E-state index in [4.69, 9.17) is 33.0 Å². The molecule has 0 fully saturated rings. The fourth-order valence-electron chi connectivity index (χ4n) is 2.19. The van der Waals surface area contributed by atoms with Crippen molar-refractivity contribution in [3.8, 4) is 0 Å². The molecule has 0 aliphatic carbocycles. The van der Waals surface area contributed by atoms with Crippen molar-refractivity contribution in [3.63, 3.8) is 0 Å². The highest BCUT2D eigenvalue weighted by molar-refractivity contribution is 9.10. The van der Waals surface area contributed by atoms with Crippen LogP contribution in [-0.2, 0) is 16.6 Å². The average molecular weight is 506 g/mol. The number of aryl methyl sites for hydroxylation is 1. The van der Waals surface area contributed by atoms with Crippen LogP contribution in [0.2, 0.25) is 10.0 Å². The van der Waals surface area contributed by atoms with Crippen molar-refractivity contribution in [2.24, 2.45) is 0 Å². The predicted molar refractivity (Wildman–Crippen MR) is 106 cm³/mol. The lowest BCUT2D eigenvalue weighted by molar-refractivity contribution is 0.0557. The molecule has 0 unspecified atom stereocenters. The van der Waals surface area contributed by atoms with Crippen LogP contribution in [0, 0.1) is 0 Å². The fraction of sp³-hybridized carbons (Fsp3) is 0.250. The lowest BCUT2D eigenvalue weighted by Gasteiger charge is -2.19. The molecular formula is C16H14BrCl2F2O3PS. The number of alkyl halides is 2. The molecule has 0 radical (unpaired) electrons. The van der Waals surface area contributed by atoms with E-state index in [1.54, 1.807) is 17.8 Å². The van der Waals surface area contributed by atoms with Crippen LogP contribution in [0.5, 0.6) is 0 Å². The molecule has 0 amide bonds. The monoisotopic (exact) mass is 504 g/mol. The molecule has 2 N–H and O–H groups in total. The van der Waals surface area contributed by atoms with Crippen molar-refractivity contribution in [3.05, 3.63) is 62.0 Å². The number of halogens is 5. The van der Waals surface area contributed by atoms with Crippen molar-refractivity contribution in [2.45, 2.75) is 23.4 Å². The Morgan fingerprint density at radius 2 is 1.73 bits per heavy atom. The lowest BCUT2D eigenvalue weighted by atomic mass is 10.1. The highest BCUT2D eigenvalue weighted by atomic mass is 79.9. The first-order valence-corrected chi connectivity index (χ1v) is 11.5. The number of rotatable bonds is 7. The Bertz CT molecular complexity index is 828. The topological polar surface area (TPSA) is 57.5 Å². The van der Waals surface area contributed by atoms with Crippen molar-refractivity contribution in [2.75, 3.05) is 5.75 Å². The van der Waals surface area contributed by atoms with Crippen molar-refractivity contribution < 1.29 is 23.1 Å². The molecule has 10 heteroatoms. The summed E-state index contributed by atoms with van der Waals surface area (Å²) in [6.45, 7) is 0. The molecule has 142 valence electrons. The van der Waals surface area contributed by atoms with E-state index in [0.29, 0.717) is 16.5 Å². The van der Waals surface area contributed by atoms with Gasteiger partial charge in [0.2, 0.25) is 0 Å². The number of benzene rings is 2. The Labute approximate surface area is 172 Å². The van der Waals surface area contributed by atoms with E-state index in [9.17, 15) is 13.3 Å². The van der Waals surface area contributed by atoms with Crippen LogP contribution in [0.4, 0.5) is 8.78 Å². The Balaban J connectivity index is 1.97. The molecule has 0 heterocycles. The quantitative estimate of drug-likeness (QED) is 0.249. The highest BCUT2D eigenvalue weighted by Crippen LogP contribution is 2.60. The SMILES string of the molecule is O=P(O)(O)C(F)(F)c1ccc(CCCSc2cc(Cl)cc(Cl)c2)cc1Br. The molecule has 0 saturated carbocycles. The molecule has 26 heavy (non-hydrogen) atoms. The molecule has 0 aliphatic heterocycles. The van der Waals surface area contributed by atoms with E-state index in [1.807, 2.05) is 12.1 Å². The second kappa shape index (κ2) is 8.91. The summed E-state index contributed by atoms with van der Waals surface area (Å²) in [4.78, 5) is 18.6. The van der Waals surface area contributed by atoms with Gasteiger partial charge in [-0.25, -0.2) is 0 Å². The van der Waals surface area contributed by atoms with E-state index in [-0.39, 0.29) is 4.47 Å². The minimum atomic E-state index is -5.59. The number of hydrogen-bond acceptors (Lipinski definition) is 2. The zero-order valence-corrected chi connectivity index (χ0v) is 17.9. The molecule has 0 saturated heterocycles.